The Morgan fingerprint density at radius 3 is 3.00 bits per heavy atom. The molecule has 1 aromatic rings. The van der Waals surface area contributed by atoms with Crippen LogP contribution in [0.2, 0.25) is 0 Å². The van der Waals surface area contributed by atoms with Gasteiger partial charge in [-0.05, 0) is 43.4 Å². The van der Waals surface area contributed by atoms with Crippen molar-refractivity contribution in [3.63, 3.8) is 0 Å². The third-order valence-electron chi connectivity index (χ3n) is 4.72. The number of amides is 1. The number of likely N-dealkylation sites (tertiary alicyclic amines) is 1. The van der Waals surface area contributed by atoms with E-state index in [0.29, 0.717) is 12.6 Å². The molecular formula is C18H22N2O. The van der Waals surface area contributed by atoms with Crippen LogP contribution in [0, 0.1) is 17.8 Å². The first kappa shape index (κ1) is 14.2. The molecule has 3 nitrogen and oxygen atoms in total. The third kappa shape index (κ3) is 2.96. The molecule has 2 fully saturated rings. The Hall–Kier alpha value is -1.79. The van der Waals surface area contributed by atoms with Gasteiger partial charge < -0.3 is 10.6 Å². The molecule has 3 heteroatoms. The summed E-state index contributed by atoms with van der Waals surface area (Å²) in [5.41, 5.74) is 7.02. The van der Waals surface area contributed by atoms with Gasteiger partial charge in [-0.1, -0.05) is 30.7 Å². The lowest BCUT2D eigenvalue weighted by molar-refractivity contribution is 0.0690. The van der Waals surface area contributed by atoms with Crippen molar-refractivity contribution in [2.24, 2.45) is 11.7 Å². The highest BCUT2D eigenvalue weighted by atomic mass is 16.2. The van der Waals surface area contributed by atoms with Crippen LogP contribution in [0.15, 0.2) is 24.3 Å². The molecule has 1 amide bonds. The lowest BCUT2D eigenvalue weighted by Gasteiger charge is -2.31. The Morgan fingerprint density at radius 1 is 1.29 bits per heavy atom. The minimum Gasteiger partial charge on any atom is -0.335 e. The van der Waals surface area contributed by atoms with Crippen molar-refractivity contribution < 1.29 is 4.79 Å². The van der Waals surface area contributed by atoms with Gasteiger partial charge in [0.05, 0.1) is 6.54 Å². The summed E-state index contributed by atoms with van der Waals surface area (Å²) in [6.07, 6.45) is 6.21. The maximum Gasteiger partial charge on any atom is 0.254 e. The molecule has 1 saturated carbocycles. The van der Waals surface area contributed by atoms with Crippen molar-refractivity contribution in [1.82, 2.24) is 4.90 Å². The lowest BCUT2D eigenvalue weighted by Crippen LogP contribution is -2.39. The SMILES string of the molecule is NCC#Cc1cccc(C(=O)N2CCC3CCCCC32)c1. The van der Waals surface area contributed by atoms with E-state index in [-0.39, 0.29) is 5.91 Å². The van der Waals surface area contributed by atoms with Crippen molar-refractivity contribution in [2.45, 2.75) is 38.1 Å². The Balaban J connectivity index is 1.79. The van der Waals surface area contributed by atoms with Crippen LogP contribution in [-0.2, 0) is 0 Å². The predicted octanol–water partition coefficient (Wildman–Crippen LogP) is 2.40. The van der Waals surface area contributed by atoms with Crippen molar-refractivity contribution in [1.29, 1.82) is 0 Å². The van der Waals surface area contributed by atoms with Gasteiger partial charge in [-0.3, -0.25) is 4.79 Å². The van der Waals surface area contributed by atoms with E-state index in [1.165, 1.54) is 32.1 Å². The highest BCUT2D eigenvalue weighted by molar-refractivity contribution is 5.95. The zero-order valence-corrected chi connectivity index (χ0v) is 12.3. The smallest absolute Gasteiger partial charge is 0.254 e. The first-order chi connectivity index (χ1) is 10.3. The van der Waals surface area contributed by atoms with Gasteiger partial charge in [0.2, 0.25) is 0 Å². The molecule has 2 unspecified atom stereocenters. The molecule has 110 valence electrons. The number of carbonyl (C=O) groups is 1. The van der Waals surface area contributed by atoms with E-state index in [0.717, 1.165) is 23.6 Å². The Labute approximate surface area is 126 Å². The Bertz CT molecular complexity index is 584. The fourth-order valence-corrected chi connectivity index (χ4v) is 3.71. The van der Waals surface area contributed by atoms with Gasteiger partial charge in [-0.2, -0.15) is 0 Å². The molecule has 21 heavy (non-hydrogen) atoms. The van der Waals surface area contributed by atoms with Gasteiger partial charge in [-0.25, -0.2) is 0 Å². The Kier molecular flexibility index (Phi) is 4.26. The lowest BCUT2D eigenvalue weighted by atomic mass is 9.85. The van der Waals surface area contributed by atoms with Crippen LogP contribution in [0.4, 0.5) is 0 Å². The van der Waals surface area contributed by atoms with E-state index in [2.05, 4.69) is 16.7 Å². The zero-order valence-electron chi connectivity index (χ0n) is 12.3. The number of carbonyl (C=O) groups excluding carboxylic acids is 1. The van der Waals surface area contributed by atoms with Gasteiger partial charge in [-0.15, -0.1) is 0 Å². The number of nitrogens with two attached hydrogens (primary N) is 1. The fourth-order valence-electron chi connectivity index (χ4n) is 3.71. The second-order valence-corrected chi connectivity index (χ2v) is 5.99. The van der Waals surface area contributed by atoms with E-state index in [1.54, 1.807) is 0 Å². The first-order valence-corrected chi connectivity index (χ1v) is 7.89. The second kappa shape index (κ2) is 6.32. The van der Waals surface area contributed by atoms with E-state index in [4.69, 9.17) is 5.73 Å². The molecule has 1 saturated heterocycles. The predicted molar refractivity (Wildman–Crippen MR) is 83.8 cm³/mol. The van der Waals surface area contributed by atoms with Crippen molar-refractivity contribution >= 4 is 5.91 Å². The van der Waals surface area contributed by atoms with Gasteiger partial charge in [0.1, 0.15) is 0 Å². The summed E-state index contributed by atoms with van der Waals surface area (Å²) in [7, 11) is 0. The fraction of sp³-hybridized carbons (Fsp3) is 0.500. The maximum atomic E-state index is 12.8. The second-order valence-electron chi connectivity index (χ2n) is 5.99. The average Bonchev–Trinajstić information content (AvgIpc) is 2.96. The van der Waals surface area contributed by atoms with Gasteiger partial charge in [0.25, 0.3) is 5.91 Å². The molecule has 0 radical (unpaired) electrons. The Morgan fingerprint density at radius 2 is 2.14 bits per heavy atom. The standard InChI is InChI=1S/C18H22N2O/c19-11-4-6-14-5-3-8-16(13-14)18(21)20-12-10-15-7-1-2-9-17(15)20/h3,5,8,13,15,17H,1-2,7,9-12,19H2. The summed E-state index contributed by atoms with van der Waals surface area (Å²) in [5, 5.41) is 0. The van der Waals surface area contributed by atoms with E-state index < -0.39 is 0 Å². The van der Waals surface area contributed by atoms with E-state index in [9.17, 15) is 4.79 Å². The van der Waals surface area contributed by atoms with Crippen molar-refractivity contribution in [2.75, 3.05) is 13.1 Å². The summed E-state index contributed by atoms with van der Waals surface area (Å²) in [6.45, 7) is 1.25. The number of benzene rings is 1. The van der Waals surface area contributed by atoms with Crippen LogP contribution in [0.25, 0.3) is 0 Å². The van der Waals surface area contributed by atoms with Crippen LogP contribution < -0.4 is 5.73 Å². The molecule has 1 aliphatic carbocycles. The molecular weight excluding hydrogens is 260 g/mol. The molecule has 0 bridgehead atoms. The molecule has 1 aromatic carbocycles. The number of fused-ring (bicyclic) bond motifs is 1. The van der Waals surface area contributed by atoms with Crippen LogP contribution >= 0.6 is 0 Å². The maximum absolute atomic E-state index is 12.8. The minimum absolute atomic E-state index is 0.167. The summed E-state index contributed by atoms with van der Waals surface area (Å²) < 4.78 is 0. The first-order valence-electron chi connectivity index (χ1n) is 7.89. The highest BCUT2D eigenvalue weighted by Crippen LogP contribution is 2.36. The molecule has 3 rings (SSSR count). The van der Waals surface area contributed by atoms with Gasteiger partial charge in [0, 0.05) is 23.7 Å². The summed E-state index contributed by atoms with van der Waals surface area (Å²) >= 11 is 0. The third-order valence-corrected chi connectivity index (χ3v) is 4.72. The molecule has 1 aliphatic heterocycles. The molecule has 2 aliphatic rings. The van der Waals surface area contributed by atoms with Crippen LogP contribution in [0.3, 0.4) is 0 Å². The van der Waals surface area contributed by atoms with Crippen LogP contribution in [-0.4, -0.2) is 29.9 Å². The molecule has 0 spiro atoms. The van der Waals surface area contributed by atoms with Gasteiger partial charge in [0.15, 0.2) is 0 Å². The molecule has 1 heterocycles. The van der Waals surface area contributed by atoms with E-state index >= 15 is 0 Å². The summed E-state index contributed by atoms with van der Waals surface area (Å²) in [4.78, 5) is 14.9. The number of nitrogens with zero attached hydrogens (tertiary/aromatic N) is 1. The van der Waals surface area contributed by atoms with Gasteiger partial charge >= 0.3 is 0 Å². The zero-order chi connectivity index (χ0) is 14.7. The van der Waals surface area contributed by atoms with E-state index in [1.807, 2.05) is 24.3 Å². The quantitative estimate of drug-likeness (QED) is 0.804. The number of rotatable bonds is 1. The number of hydrogen-bond donors (Lipinski definition) is 1. The number of hydrogen-bond acceptors (Lipinski definition) is 2. The highest BCUT2D eigenvalue weighted by Gasteiger charge is 2.38. The van der Waals surface area contributed by atoms with Crippen LogP contribution in [0.5, 0.6) is 0 Å². The van der Waals surface area contributed by atoms with Crippen molar-refractivity contribution in [3.8, 4) is 11.8 Å². The minimum atomic E-state index is 0.167. The van der Waals surface area contributed by atoms with Crippen LogP contribution in [0.1, 0.15) is 48.0 Å². The molecule has 2 atom stereocenters. The average molecular weight is 282 g/mol. The molecule has 2 N–H and O–H groups in total. The largest absolute Gasteiger partial charge is 0.335 e. The summed E-state index contributed by atoms with van der Waals surface area (Å²) in [5.74, 6) is 6.73. The summed E-state index contributed by atoms with van der Waals surface area (Å²) in [6, 6.07) is 8.08. The normalized spacial score (nSPS) is 24.1. The topological polar surface area (TPSA) is 46.3 Å². The monoisotopic (exact) mass is 282 g/mol. The van der Waals surface area contributed by atoms with Crippen molar-refractivity contribution in [3.05, 3.63) is 35.4 Å². The molecule has 0 aromatic heterocycles.